The monoisotopic (exact) mass is 536 g/mol. The number of alkyl halides is 17. The minimum Gasteiger partial charge on any atom is -0.395 e. The van der Waals surface area contributed by atoms with E-state index in [2.05, 4.69) is 4.43 Å². The van der Waals surface area contributed by atoms with Gasteiger partial charge in [0.25, 0.3) is 12.8 Å². The van der Waals surface area contributed by atoms with Crippen LogP contribution < -0.4 is 0 Å². The third kappa shape index (κ3) is 5.72. The van der Waals surface area contributed by atoms with Crippen LogP contribution in [0.1, 0.15) is 0 Å². The van der Waals surface area contributed by atoms with Crippen LogP contribution in [0.5, 0.6) is 0 Å². The van der Waals surface area contributed by atoms with Gasteiger partial charge in [-0.2, -0.15) is 26.3 Å². The molecule has 0 aromatic heterocycles. The molecule has 0 spiro atoms. The first-order valence-electron chi connectivity index (χ1n) is 7.92. The Balaban J connectivity index is 5.68. The highest BCUT2D eigenvalue weighted by Crippen LogP contribution is 2.51. The maximum absolute atomic E-state index is 13.5. The van der Waals surface area contributed by atoms with Gasteiger partial charge < -0.3 is 4.43 Å². The van der Waals surface area contributed by atoms with Gasteiger partial charge in [0.1, 0.15) is 10.5 Å². The Morgan fingerprint density at radius 2 is 0.781 bits per heavy atom. The maximum Gasteiger partial charge on any atom is 0.380 e. The summed E-state index contributed by atoms with van der Waals surface area (Å²) in [6.07, 6.45) is -45.8. The van der Waals surface area contributed by atoms with E-state index in [1.807, 2.05) is 0 Å². The lowest BCUT2D eigenvalue weighted by Gasteiger charge is -2.36. The van der Waals surface area contributed by atoms with E-state index in [0.29, 0.717) is 0 Å². The predicted octanol–water partition coefficient (Wildman–Crippen LogP) is 4.45. The molecule has 0 rings (SSSR count). The first kappa shape index (κ1) is 31.0. The van der Waals surface area contributed by atoms with Crippen LogP contribution in [0.3, 0.4) is 0 Å². The second-order valence-corrected chi connectivity index (χ2v) is 6.69. The quantitative estimate of drug-likeness (QED) is 0.250. The smallest absolute Gasteiger partial charge is 0.380 e. The molecule has 0 bridgehead atoms. The summed E-state index contributed by atoms with van der Waals surface area (Å²) in [5.74, 6) is -20.7. The minimum atomic E-state index is -7.15. The highest BCUT2D eigenvalue weighted by molar-refractivity contribution is 5.98. The molecule has 0 aromatic carbocycles. The molecule has 0 fully saturated rings. The SMILES string of the molecule is FC(F)C(F)C(F)C(F)C(F)C(F)C(F)C(F)C(F)C(F)(F)C(F)(F)C(F)(F)C(F)O[SiH3]. The van der Waals surface area contributed by atoms with Crippen molar-refractivity contribution in [2.75, 3.05) is 0 Å². The molecule has 0 aliphatic heterocycles. The molecule has 0 aliphatic carbocycles. The molecule has 0 radical (unpaired) electrons. The molecular formula is C13H13F17OSi. The Morgan fingerprint density at radius 1 is 0.469 bits per heavy atom. The van der Waals surface area contributed by atoms with Crippen LogP contribution in [0, 0.1) is 0 Å². The zero-order valence-corrected chi connectivity index (χ0v) is 17.1. The lowest BCUT2D eigenvalue weighted by molar-refractivity contribution is -0.359. The second-order valence-electron chi connectivity index (χ2n) is 6.22. The molecule has 19 heteroatoms. The average molecular weight is 536 g/mol. The van der Waals surface area contributed by atoms with Crippen molar-refractivity contribution in [2.45, 2.75) is 79.9 Å². The van der Waals surface area contributed by atoms with Crippen molar-refractivity contribution in [3.05, 3.63) is 0 Å². The molecule has 0 aliphatic rings. The van der Waals surface area contributed by atoms with Gasteiger partial charge in [-0.15, -0.1) is 0 Å². The summed E-state index contributed by atoms with van der Waals surface area (Å²) in [7, 11) is -1.09. The Hall–Kier alpha value is -1.01. The molecule has 0 saturated carbocycles. The Bertz CT molecular complexity index is 579. The third-order valence-corrected chi connectivity index (χ3v) is 4.44. The van der Waals surface area contributed by atoms with E-state index in [1.54, 1.807) is 0 Å². The predicted molar refractivity (Wildman–Crippen MR) is 75.9 cm³/mol. The van der Waals surface area contributed by atoms with E-state index in [1.165, 1.54) is 0 Å². The molecule has 32 heavy (non-hydrogen) atoms. The van der Waals surface area contributed by atoms with Gasteiger partial charge in [0.2, 0.25) is 6.17 Å². The standard InChI is InChI=1S/C13H13F17OSi/c14-1(3(16)5(18)7(20)9(22)23)2(15)4(17)6(19)8(21)11(25,26)13(29,30)12(27,28)10(24)31-32/h1-10H,32H3. The average Bonchev–Trinajstić information content (AvgIpc) is 2.73. The van der Waals surface area contributed by atoms with E-state index >= 15 is 0 Å². The molecule has 0 amide bonds. The van der Waals surface area contributed by atoms with Crippen LogP contribution in [0.4, 0.5) is 74.6 Å². The molecule has 0 aromatic rings. The van der Waals surface area contributed by atoms with Gasteiger partial charge in [-0.3, -0.25) is 0 Å². The van der Waals surface area contributed by atoms with Crippen LogP contribution >= 0.6 is 0 Å². The number of hydrogen-bond donors (Lipinski definition) is 0. The maximum atomic E-state index is 13.5. The van der Waals surface area contributed by atoms with Crippen LogP contribution in [0.2, 0.25) is 0 Å². The number of hydrogen-bond acceptors (Lipinski definition) is 1. The van der Waals surface area contributed by atoms with E-state index in [4.69, 9.17) is 0 Å². The van der Waals surface area contributed by atoms with Gasteiger partial charge in [0.15, 0.2) is 43.2 Å². The first-order chi connectivity index (χ1) is 14.2. The third-order valence-electron chi connectivity index (χ3n) is 4.02. The summed E-state index contributed by atoms with van der Waals surface area (Å²) in [5.41, 5.74) is 0. The van der Waals surface area contributed by atoms with Crippen molar-refractivity contribution in [3.63, 3.8) is 0 Å². The largest absolute Gasteiger partial charge is 0.395 e. The van der Waals surface area contributed by atoms with Gasteiger partial charge in [0, 0.05) is 0 Å². The lowest BCUT2D eigenvalue weighted by atomic mass is 9.92. The molecule has 194 valence electrons. The molecule has 0 heterocycles. The fraction of sp³-hybridized carbons (Fsp3) is 1.00. The number of rotatable bonds is 13. The summed E-state index contributed by atoms with van der Waals surface area (Å²) in [6, 6.07) is 0. The van der Waals surface area contributed by atoms with Crippen LogP contribution in [-0.4, -0.2) is 90.4 Å². The molecular weight excluding hydrogens is 523 g/mol. The van der Waals surface area contributed by atoms with Crippen molar-refractivity contribution >= 4 is 10.5 Å². The molecule has 9 atom stereocenters. The summed E-state index contributed by atoms with van der Waals surface area (Å²) in [6.45, 7) is 0. The minimum absolute atomic E-state index is 1.09. The molecule has 1 nitrogen and oxygen atoms in total. The summed E-state index contributed by atoms with van der Waals surface area (Å²) in [5, 5.41) is 0. The van der Waals surface area contributed by atoms with Crippen molar-refractivity contribution in [1.29, 1.82) is 0 Å². The molecule has 0 saturated heterocycles. The summed E-state index contributed by atoms with van der Waals surface area (Å²) in [4.78, 5) is 0. The first-order valence-corrected chi connectivity index (χ1v) is 8.74. The summed E-state index contributed by atoms with van der Waals surface area (Å²) >= 11 is 0. The van der Waals surface area contributed by atoms with Crippen molar-refractivity contribution in [2.24, 2.45) is 0 Å². The van der Waals surface area contributed by atoms with Gasteiger partial charge in [-0.1, -0.05) is 0 Å². The van der Waals surface area contributed by atoms with Crippen molar-refractivity contribution in [3.8, 4) is 0 Å². The van der Waals surface area contributed by atoms with E-state index in [9.17, 15) is 74.6 Å². The van der Waals surface area contributed by atoms with Gasteiger partial charge in [-0.25, -0.2) is 48.3 Å². The highest BCUT2D eigenvalue weighted by Gasteiger charge is 2.79. The number of halogens is 17. The van der Waals surface area contributed by atoms with Crippen LogP contribution in [0.25, 0.3) is 0 Å². The Morgan fingerprint density at radius 3 is 1.09 bits per heavy atom. The van der Waals surface area contributed by atoms with E-state index < -0.39 is 90.4 Å². The zero-order valence-electron chi connectivity index (χ0n) is 15.1. The van der Waals surface area contributed by atoms with Gasteiger partial charge >= 0.3 is 17.8 Å². The van der Waals surface area contributed by atoms with Gasteiger partial charge in [-0.05, 0) is 0 Å². The van der Waals surface area contributed by atoms with Gasteiger partial charge in [0.05, 0.1) is 0 Å². The van der Waals surface area contributed by atoms with E-state index in [-0.39, 0.29) is 0 Å². The molecule has 9 unspecified atom stereocenters. The Kier molecular flexibility index (Phi) is 10.6. The lowest BCUT2D eigenvalue weighted by Crippen LogP contribution is -2.64. The normalized spacial score (nSPS) is 22.7. The zero-order chi connectivity index (χ0) is 26.0. The van der Waals surface area contributed by atoms with Crippen molar-refractivity contribution < 1.29 is 79.1 Å². The molecule has 0 N–H and O–H groups in total. The van der Waals surface area contributed by atoms with E-state index in [0.717, 1.165) is 0 Å². The fourth-order valence-corrected chi connectivity index (χ4v) is 2.36. The fourth-order valence-electron chi connectivity index (χ4n) is 2.06. The highest BCUT2D eigenvalue weighted by atomic mass is 28.2. The topological polar surface area (TPSA) is 9.23 Å². The summed E-state index contributed by atoms with van der Waals surface area (Å²) < 4.78 is 226. The second kappa shape index (κ2) is 10.9. The van der Waals surface area contributed by atoms with Crippen molar-refractivity contribution in [1.82, 2.24) is 0 Å². The van der Waals surface area contributed by atoms with Crippen LogP contribution in [0.15, 0.2) is 0 Å². The Labute approximate surface area is 170 Å². The van der Waals surface area contributed by atoms with Crippen LogP contribution in [-0.2, 0) is 4.43 Å².